The molecule has 0 atom stereocenters. The van der Waals surface area contributed by atoms with Crippen LogP contribution in [0.1, 0.15) is 44.9 Å². The van der Waals surface area contributed by atoms with E-state index >= 15 is 0 Å². The summed E-state index contributed by atoms with van der Waals surface area (Å²) in [5, 5.41) is 5.84. The summed E-state index contributed by atoms with van der Waals surface area (Å²) in [4.78, 5) is 29.1. The standard InChI is InChI=1S/C19H26N4O2/c1-2-20-18(24)13-23-16-11-7-6-10-15(16)22-17(23)12-21-19(25)14-8-4-3-5-9-14/h6-7,10-11,14H,2-5,8-9,12-13H2,1H3,(H,20,24)(H,21,25). The largest absolute Gasteiger partial charge is 0.355 e. The third-order valence-corrected chi connectivity index (χ3v) is 4.81. The lowest BCUT2D eigenvalue weighted by atomic mass is 9.89. The molecule has 0 saturated heterocycles. The molecule has 2 amide bonds. The van der Waals surface area contributed by atoms with Crippen molar-refractivity contribution in [2.24, 2.45) is 5.92 Å². The van der Waals surface area contributed by atoms with Gasteiger partial charge in [-0.2, -0.15) is 0 Å². The zero-order chi connectivity index (χ0) is 17.6. The van der Waals surface area contributed by atoms with Crippen LogP contribution in [0.4, 0.5) is 0 Å². The Balaban J connectivity index is 1.75. The molecule has 6 heteroatoms. The number of rotatable bonds is 6. The van der Waals surface area contributed by atoms with Gasteiger partial charge in [-0.1, -0.05) is 31.4 Å². The maximum Gasteiger partial charge on any atom is 0.239 e. The molecule has 3 rings (SSSR count). The van der Waals surface area contributed by atoms with Gasteiger partial charge in [-0.25, -0.2) is 4.98 Å². The number of hydrogen-bond donors (Lipinski definition) is 2. The van der Waals surface area contributed by atoms with Crippen LogP contribution in [0, 0.1) is 5.92 Å². The van der Waals surface area contributed by atoms with Gasteiger partial charge >= 0.3 is 0 Å². The van der Waals surface area contributed by atoms with Gasteiger partial charge in [0.1, 0.15) is 12.4 Å². The minimum Gasteiger partial charge on any atom is -0.355 e. The number of fused-ring (bicyclic) bond motifs is 1. The van der Waals surface area contributed by atoms with Crippen molar-refractivity contribution in [1.82, 2.24) is 20.2 Å². The number of amides is 2. The van der Waals surface area contributed by atoms with E-state index in [2.05, 4.69) is 15.6 Å². The van der Waals surface area contributed by atoms with Crippen molar-refractivity contribution in [3.05, 3.63) is 30.1 Å². The highest BCUT2D eigenvalue weighted by Gasteiger charge is 2.21. The molecule has 6 nitrogen and oxygen atoms in total. The smallest absolute Gasteiger partial charge is 0.239 e. The average Bonchev–Trinajstić information content (AvgIpc) is 2.98. The lowest BCUT2D eigenvalue weighted by Gasteiger charge is -2.20. The number of aromatic nitrogens is 2. The SMILES string of the molecule is CCNC(=O)Cn1c(CNC(=O)C2CCCCC2)nc2ccccc21. The fourth-order valence-electron chi connectivity index (χ4n) is 3.51. The van der Waals surface area contributed by atoms with Gasteiger partial charge in [0, 0.05) is 12.5 Å². The van der Waals surface area contributed by atoms with Crippen molar-refractivity contribution in [3.8, 4) is 0 Å². The molecule has 1 fully saturated rings. The van der Waals surface area contributed by atoms with Crippen LogP contribution in [-0.2, 0) is 22.7 Å². The lowest BCUT2D eigenvalue weighted by molar-refractivity contribution is -0.126. The molecule has 1 aromatic heterocycles. The van der Waals surface area contributed by atoms with Crippen LogP contribution in [0.25, 0.3) is 11.0 Å². The average molecular weight is 342 g/mol. The predicted octanol–water partition coefficient (Wildman–Crippen LogP) is 2.37. The number of nitrogens with zero attached hydrogens (tertiary/aromatic N) is 2. The van der Waals surface area contributed by atoms with Gasteiger partial charge in [0.15, 0.2) is 0 Å². The van der Waals surface area contributed by atoms with Crippen molar-refractivity contribution in [2.45, 2.75) is 52.1 Å². The summed E-state index contributed by atoms with van der Waals surface area (Å²) in [6.07, 6.45) is 5.44. The van der Waals surface area contributed by atoms with E-state index in [0.29, 0.717) is 13.1 Å². The minimum atomic E-state index is -0.0505. The second-order valence-electron chi connectivity index (χ2n) is 6.61. The van der Waals surface area contributed by atoms with Crippen LogP contribution in [0.5, 0.6) is 0 Å². The number of likely N-dealkylation sites (N-methyl/N-ethyl adjacent to an activating group) is 1. The summed E-state index contributed by atoms with van der Waals surface area (Å²) in [6, 6.07) is 7.74. The molecule has 25 heavy (non-hydrogen) atoms. The van der Waals surface area contributed by atoms with E-state index in [1.807, 2.05) is 35.8 Å². The second kappa shape index (κ2) is 8.14. The first-order valence-corrected chi connectivity index (χ1v) is 9.17. The molecule has 0 bridgehead atoms. The number of imidazole rings is 1. The van der Waals surface area contributed by atoms with Gasteiger partial charge in [0.25, 0.3) is 0 Å². The molecular formula is C19H26N4O2. The van der Waals surface area contributed by atoms with E-state index in [4.69, 9.17) is 0 Å². The van der Waals surface area contributed by atoms with Gasteiger partial charge in [0.05, 0.1) is 17.6 Å². The Bertz CT molecular complexity index is 747. The van der Waals surface area contributed by atoms with Crippen molar-refractivity contribution >= 4 is 22.8 Å². The summed E-state index contributed by atoms with van der Waals surface area (Å²) in [5.41, 5.74) is 1.75. The minimum absolute atomic E-state index is 0.0505. The highest BCUT2D eigenvalue weighted by Crippen LogP contribution is 2.24. The molecule has 2 N–H and O–H groups in total. The molecular weight excluding hydrogens is 316 g/mol. The maximum atomic E-state index is 12.4. The number of para-hydroxylation sites is 2. The Hall–Kier alpha value is -2.37. The van der Waals surface area contributed by atoms with Crippen molar-refractivity contribution < 1.29 is 9.59 Å². The van der Waals surface area contributed by atoms with Gasteiger partial charge in [-0.15, -0.1) is 0 Å². The third-order valence-electron chi connectivity index (χ3n) is 4.81. The summed E-state index contributed by atoms with van der Waals surface area (Å²) < 4.78 is 1.89. The molecule has 0 spiro atoms. The highest BCUT2D eigenvalue weighted by atomic mass is 16.2. The van der Waals surface area contributed by atoms with Gasteiger partial charge in [-0.05, 0) is 31.9 Å². The molecule has 1 aliphatic rings. The number of carbonyl (C=O) groups is 2. The monoisotopic (exact) mass is 342 g/mol. The Kier molecular flexibility index (Phi) is 5.68. The Morgan fingerprint density at radius 1 is 1.16 bits per heavy atom. The van der Waals surface area contributed by atoms with Crippen LogP contribution in [-0.4, -0.2) is 27.9 Å². The lowest BCUT2D eigenvalue weighted by Crippen LogP contribution is -2.33. The van der Waals surface area contributed by atoms with Crippen LogP contribution in [0.15, 0.2) is 24.3 Å². The maximum absolute atomic E-state index is 12.4. The van der Waals surface area contributed by atoms with Gasteiger partial charge in [0.2, 0.25) is 11.8 Å². The highest BCUT2D eigenvalue weighted by molar-refractivity contribution is 5.81. The first-order chi connectivity index (χ1) is 12.2. The number of nitrogens with one attached hydrogen (secondary N) is 2. The second-order valence-corrected chi connectivity index (χ2v) is 6.61. The van der Waals surface area contributed by atoms with E-state index in [-0.39, 0.29) is 24.3 Å². The van der Waals surface area contributed by atoms with Crippen molar-refractivity contribution in [3.63, 3.8) is 0 Å². The third kappa shape index (κ3) is 4.18. The van der Waals surface area contributed by atoms with Crippen molar-refractivity contribution in [2.75, 3.05) is 6.54 Å². The Morgan fingerprint density at radius 3 is 2.68 bits per heavy atom. The molecule has 1 heterocycles. The number of carbonyl (C=O) groups excluding carboxylic acids is 2. The Morgan fingerprint density at radius 2 is 1.92 bits per heavy atom. The van der Waals surface area contributed by atoms with E-state index < -0.39 is 0 Å². The quantitative estimate of drug-likeness (QED) is 0.846. The predicted molar refractivity (Wildman–Crippen MR) is 96.8 cm³/mol. The molecule has 1 saturated carbocycles. The number of hydrogen-bond acceptors (Lipinski definition) is 3. The molecule has 0 aliphatic heterocycles. The van der Waals surface area contributed by atoms with Crippen LogP contribution >= 0.6 is 0 Å². The zero-order valence-electron chi connectivity index (χ0n) is 14.8. The topological polar surface area (TPSA) is 76.0 Å². The first-order valence-electron chi connectivity index (χ1n) is 9.17. The van der Waals surface area contributed by atoms with Gasteiger partial charge < -0.3 is 15.2 Å². The Labute approximate surface area is 148 Å². The van der Waals surface area contributed by atoms with E-state index in [1.54, 1.807) is 0 Å². The van der Waals surface area contributed by atoms with Crippen LogP contribution in [0.3, 0.4) is 0 Å². The van der Waals surface area contributed by atoms with E-state index in [0.717, 1.165) is 42.5 Å². The fourth-order valence-corrected chi connectivity index (χ4v) is 3.51. The van der Waals surface area contributed by atoms with Crippen molar-refractivity contribution in [1.29, 1.82) is 0 Å². The van der Waals surface area contributed by atoms with E-state index in [9.17, 15) is 9.59 Å². The van der Waals surface area contributed by atoms with Gasteiger partial charge in [-0.3, -0.25) is 9.59 Å². The summed E-state index contributed by atoms with van der Waals surface area (Å²) >= 11 is 0. The van der Waals surface area contributed by atoms with Crippen LogP contribution < -0.4 is 10.6 Å². The molecule has 0 unspecified atom stereocenters. The molecule has 1 aromatic carbocycles. The van der Waals surface area contributed by atoms with Crippen LogP contribution in [0.2, 0.25) is 0 Å². The fraction of sp³-hybridized carbons (Fsp3) is 0.526. The molecule has 0 radical (unpaired) electrons. The molecule has 134 valence electrons. The summed E-state index contributed by atoms with van der Waals surface area (Å²) in [7, 11) is 0. The normalized spacial score (nSPS) is 15.2. The molecule has 2 aromatic rings. The first kappa shape index (κ1) is 17.5. The summed E-state index contributed by atoms with van der Waals surface area (Å²) in [6.45, 7) is 3.06. The number of benzene rings is 1. The zero-order valence-corrected chi connectivity index (χ0v) is 14.8. The van der Waals surface area contributed by atoms with E-state index in [1.165, 1.54) is 6.42 Å². The molecule has 1 aliphatic carbocycles. The summed E-state index contributed by atoms with van der Waals surface area (Å²) in [5.74, 6) is 0.897.